The van der Waals surface area contributed by atoms with Gasteiger partial charge in [0.25, 0.3) is 23.5 Å². The van der Waals surface area contributed by atoms with Crippen LogP contribution in [-0.2, 0) is 14.4 Å². The number of nitrogens with zero attached hydrogens (tertiary/aromatic N) is 2. The molecule has 3 aromatic rings. The van der Waals surface area contributed by atoms with Crippen LogP contribution in [0.3, 0.4) is 0 Å². The van der Waals surface area contributed by atoms with Crippen LogP contribution in [0.25, 0.3) is 10.9 Å². The Hall–Kier alpha value is -4.55. The zero-order valence-electron chi connectivity index (χ0n) is 20.5. The van der Waals surface area contributed by atoms with Crippen molar-refractivity contribution in [1.29, 1.82) is 0 Å². The quantitative estimate of drug-likeness (QED) is 0.219. The molecule has 1 saturated heterocycles. The van der Waals surface area contributed by atoms with Crippen LogP contribution in [0, 0.1) is 0 Å². The maximum absolute atomic E-state index is 13.2. The predicted octanol–water partition coefficient (Wildman–Crippen LogP) is 0.435. The second kappa shape index (κ2) is 10.8. The van der Waals surface area contributed by atoms with Gasteiger partial charge in [0, 0.05) is 42.8 Å². The van der Waals surface area contributed by atoms with E-state index in [9.17, 15) is 29.1 Å². The molecule has 1 aliphatic heterocycles. The average Bonchev–Trinajstić information content (AvgIpc) is 3.36. The summed E-state index contributed by atoms with van der Waals surface area (Å²) >= 11 is 0. The van der Waals surface area contributed by atoms with E-state index >= 15 is 0 Å². The van der Waals surface area contributed by atoms with Gasteiger partial charge in [-0.05, 0) is 25.1 Å². The molecule has 0 radical (unpaired) electrons. The van der Waals surface area contributed by atoms with E-state index < -0.39 is 41.8 Å². The fraction of sp³-hybridized carbons (Fsp3) is 0.269. The molecule has 3 atom stereocenters. The molecule has 0 saturated carbocycles. The molecule has 2 aromatic carbocycles. The first kappa shape index (κ1) is 26.5. The van der Waals surface area contributed by atoms with Crippen molar-refractivity contribution in [3.05, 3.63) is 65.9 Å². The van der Waals surface area contributed by atoms with Crippen molar-refractivity contribution in [3.8, 4) is 0 Å². The lowest BCUT2D eigenvalue weighted by molar-refractivity contribution is -0.144. The number of hydrogen-bond donors (Lipinski definition) is 5. The largest absolute Gasteiger partial charge is 0.480 e. The normalized spacial score (nSPS) is 17.1. The molecule has 0 bridgehead atoms. The highest BCUT2D eigenvalue weighted by molar-refractivity contribution is 6.45. The molecule has 4 rings (SSSR count). The van der Waals surface area contributed by atoms with Gasteiger partial charge in [0.1, 0.15) is 6.04 Å². The monoisotopic (exact) mass is 521 g/mol. The SMILES string of the molecule is CC1CN(C(=O)c2ccccc2)CCN1C(=O)C(=O)c1c[nH]c2c(NC(=O)C(O)C(N)C(=O)O)cccc12. The van der Waals surface area contributed by atoms with Gasteiger partial charge >= 0.3 is 5.97 Å². The van der Waals surface area contributed by atoms with E-state index in [2.05, 4.69) is 10.3 Å². The van der Waals surface area contributed by atoms with Crippen molar-refractivity contribution in [3.63, 3.8) is 0 Å². The number of carbonyl (C=O) groups excluding carboxylic acids is 4. The van der Waals surface area contributed by atoms with Crippen LogP contribution in [0.15, 0.2) is 54.7 Å². The minimum Gasteiger partial charge on any atom is -0.480 e. The number of carbonyl (C=O) groups is 5. The second-order valence-corrected chi connectivity index (χ2v) is 9.02. The molecule has 1 aliphatic rings. The van der Waals surface area contributed by atoms with Crippen LogP contribution in [-0.4, -0.2) is 92.3 Å². The van der Waals surface area contributed by atoms with E-state index in [4.69, 9.17) is 10.8 Å². The van der Waals surface area contributed by atoms with Crippen molar-refractivity contribution < 1.29 is 34.2 Å². The van der Waals surface area contributed by atoms with E-state index in [1.807, 2.05) is 6.07 Å². The van der Waals surface area contributed by atoms with E-state index in [1.165, 1.54) is 23.2 Å². The van der Waals surface area contributed by atoms with Gasteiger partial charge in [-0.15, -0.1) is 0 Å². The number of aliphatic hydroxyl groups excluding tert-OH is 1. The number of fused-ring (bicyclic) bond motifs is 1. The molecule has 6 N–H and O–H groups in total. The number of aliphatic hydroxyl groups is 1. The van der Waals surface area contributed by atoms with Crippen LogP contribution in [0.2, 0.25) is 0 Å². The summed E-state index contributed by atoms with van der Waals surface area (Å²) in [7, 11) is 0. The number of ketones is 1. The van der Waals surface area contributed by atoms with Gasteiger partial charge in [0.05, 0.1) is 16.8 Å². The molecule has 0 aliphatic carbocycles. The number of nitrogens with two attached hydrogens (primary N) is 1. The Morgan fingerprint density at radius 1 is 1.05 bits per heavy atom. The van der Waals surface area contributed by atoms with Crippen LogP contribution in [0.5, 0.6) is 0 Å². The maximum atomic E-state index is 13.2. The Kier molecular flexibility index (Phi) is 7.55. The molecule has 2 heterocycles. The highest BCUT2D eigenvalue weighted by atomic mass is 16.4. The first-order chi connectivity index (χ1) is 18.1. The molecule has 0 spiro atoms. The topological polar surface area (TPSA) is 186 Å². The lowest BCUT2D eigenvalue weighted by Crippen LogP contribution is -2.56. The number of aromatic amines is 1. The number of aliphatic carboxylic acids is 1. The van der Waals surface area contributed by atoms with Gasteiger partial charge in [0.15, 0.2) is 6.10 Å². The number of para-hydroxylation sites is 1. The van der Waals surface area contributed by atoms with E-state index in [-0.39, 0.29) is 36.8 Å². The molecule has 1 aromatic heterocycles. The van der Waals surface area contributed by atoms with Crippen LogP contribution >= 0.6 is 0 Å². The number of nitrogens with one attached hydrogen (secondary N) is 2. The van der Waals surface area contributed by atoms with Crippen molar-refractivity contribution in [2.75, 3.05) is 25.0 Å². The summed E-state index contributed by atoms with van der Waals surface area (Å²) in [6.45, 7) is 2.51. The lowest BCUT2D eigenvalue weighted by atomic mass is 10.1. The zero-order valence-corrected chi connectivity index (χ0v) is 20.5. The highest BCUT2D eigenvalue weighted by Gasteiger charge is 2.34. The van der Waals surface area contributed by atoms with E-state index in [0.717, 1.165) is 0 Å². The third kappa shape index (κ3) is 5.12. The fourth-order valence-electron chi connectivity index (χ4n) is 4.40. The van der Waals surface area contributed by atoms with Gasteiger partial charge in [0.2, 0.25) is 0 Å². The Morgan fingerprint density at radius 3 is 2.42 bits per heavy atom. The predicted molar refractivity (Wildman–Crippen MR) is 136 cm³/mol. The molecule has 1 fully saturated rings. The third-order valence-electron chi connectivity index (χ3n) is 6.50. The van der Waals surface area contributed by atoms with E-state index in [1.54, 1.807) is 42.2 Å². The minimum atomic E-state index is -2.01. The molecule has 198 valence electrons. The standard InChI is InChI=1S/C26H27N5O7/c1-14-13-30(24(35)15-6-3-2-4-7-15)10-11-31(14)25(36)21(32)17-12-28-20-16(17)8-5-9-18(20)29-23(34)22(33)19(27)26(37)38/h2-9,12,14,19,22,28,33H,10-11,13,27H2,1H3,(H,29,34)(H,37,38). The summed E-state index contributed by atoms with van der Waals surface area (Å²) in [6.07, 6.45) is -0.658. The minimum absolute atomic E-state index is 0.0823. The molecule has 38 heavy (non-hydrogen) atoms. The number of carboxylic acid groups (broad SMARTS) is 1. The number of amides is 3. The highest BCUT2D eigenvalue weighted by Crippen LogP contribution is 2.27. The van der Waals surface area contributed by atoms with Crippen LogP contribution in [0.4, 0.5) is 5.69 Å². The molecular weight excluding hydrogens is 494 g/mol. The average molecular weight is 522 g/mol. The van der Waals surface area contributed by atoms with E-state index in [0.29, 0.717) is 16.5 Å². The summed E-state index contributed by atoms with van der Waals surface area (Å²) in [4.78, 5) is 68.3. The smallest absolute Gasteiger partial charge is 0.323 e. The summed E-state index contributed by atoms with van der Waals surface area (Å²) in [5, 5.41) is 21.5. The maximum Gasteiger partial charge on any atom is 0.323 e. The Bertz CT molecular complexity index is 1400. The van der Waals surface area contributed by atoms with Crippen LogP contribution < -0.4 is 11.1 Å². The Morgan fingerprint density at radius 2 is 1.76 bits per heavy atom. The third-order valence-corrected chi connectivity index (χ3v) is 6.50. The molecule has 12 nitrogen and oxygen atoms in total. The van der Waals surface area contributed by atoms with Gasteiger partial charge in [-0.3, -0.25) is 24.0 Å². The molecule has 3 unspecified atom stereocenters. The van der Waals surface area contributed by atoms with Gasteiger partial charge in [-0.25, -0.2) is 0 Å². The number of H-pyrrole nitrogens is 1. The molecule has 12 heteroatoms. The van der Waals surface area contributed by atoms with Gasteiger partial charge in [-0.2, -0.15) is 0 Å². The first-order valence-electron chi connectivity index (χ1n) is 11.9. The number of hydrogen-bond acceptors (Lipinski definition) is 7. The number of piperazine rings is 1. The number of aromatic nitrogens is 1. The summed E-state index contributed by atoms with van der Waals surface area (Å²) < 4.78 is 0. The number of anilines is 1. The number of benzene rings is 2. The van der Waals surface area contributed by atoms with Crippen molar-refractivity contribution >= 4 is 46.1 Å². The number of rotatable bonds is 7. The first-order valence-corrected chi connectivity index (χ1v) is 11.9. The Balaban J connectivity index is 1.48. The van der Waals surface area contributed by atoms with Crippen molar-refractivity contribution in [2.24, 2.45) is 5.73 Å². The summed E-state index contributed by atoms with van der Waals surface area (Å²) in [5.74, 6) is -4.21. The summed E-state index contributed by atoms with van der Waals surface area (Å²) in [5.41, 5.74) is 6.42. The Labute approximate surface area is 217 Å². The van der Waals surface area contributed by atoms with Gasteiger partial charge < -0.3 is 36.0 Å². The zero-order chi connectivity index (χ0) is 27.6. The fourth-order valence-corrected chi connectivity index (χ4v) is 4.40. The number of carboxylic acids is 1. The van der Waals surface area contributed by atoms with Crippen LogP contribution in [0.1, 0.15) is 27.6 Å². The van der Waals surface area contributed by atoms with Crippen molar-refractivity contribution in [2.45, 2.75) is 25.1 Å². The number of Topliss-reactive ketones (excluding diaryl/α,β-unsaturated/α-hetero) is 1. The molecule has 3 amide bonds. The molecular formula is C26H27N5O7. The van der Waals surface area contributed by atoms with Crippen molar-refractivity contribution in [1.82, 2.24) is 14.8 Å². The lowest BCUT2D eigenvalue weighted by Gasteiger charge is -2.39. The summed E-state index contributed by atoms with van der Waals surface area (Å²) in [6, 6.07) is 11.2. The van der Waals surface area contributed by atoms with Gasteiger partial charge in [-0.1, -0.05) is 30.3 Å². The second-order valence-electron chi connectivity index (χ2n) is 9.02.